The van der Waals surface area contributed by atoms with Crippen LogP contribution in [0, 0.1) is 0 Å². The lowest BCUT2D eigenvalue weighted by Gasteiger charge is -2.02. The molecule has 0 atom stereocenters. The average Bonchev–Trinajstić information content (AvgIpc) is 3.40. The lowest BCUT2D eigenvalue weighted by molar-refractivity contribution is 0.429. The zero-order valence-electron chi connectivity index (χ0n) is 14.1. The van der Waals surface area contributed by atoms with Gasteiger partial charge in [0, 0.05) is 29.0 Å². The number of hydrogen-bond donors (Lipinski definition) is 0. The second kappa shape index (κ2) is 6.10. The zero-order valence-corrected chi connectivity index (χ0v) is 14.1. The van der Waals surface area contributed by atoms with Crippen LogP contribution in [0.2, 0.25) is 0 Å². The molecular formula is C21H13N3O3. The molecule has 2 aromatic carbocycles. The number of benzene rings is 2. The van der Waals surface area contributed by atoms with Crippen LogP contribution in [0.5, 0.6) is 0 Å². The molecule has 0 saturated heterocycles. The third kappa shape index (κ3) is 2.73. The first-order chi connectivity index (χ1) is 13.3. The summed E-state index contributed by atoms with van der Waals surface area (Å²) in [5.74, 6) is 0.551. The van der Waals surface area contributed by atoms with Crippen molar-refractivity contribution in [3.05, 3.63) is 89.5 Å². The van der Waals surface area contributed by atoms with E-state index in [2.05, 4.69) is 10.1 Å². The highest BCUT2D eigenvalue weighted by atomic mass is 16.5. The minimum atomic E-state index is -0.508. The van der Waals surface area contributed by atoms with Crippen molar-refractivity contribution in [2.45, 2.75) is 0 Å². The maximum Gasteiger partial charge on any atom is 0.349 e. The van der Waals surface area contributed by atoms with Crippen LogP contribution in [0.4, 0.5) is 0 Å². The SMILES string of the molecule is O=c1oc2ccccc2cc1-c1nc(-c2ccc(-n3cccc3)cc2)no1. The number of para-hydroxylation sites is 1. The molecule has 0 amide bonds. The van der Waals surface area contributed by atoms with Gasteiger partial charge in [0.25, 0.3) is 5.89 Å². The first-order valence-corrected chi connectivity index (χ1v) is 8.39. The highest BCUT2D eigenvalue weighted by molar-refractivity contribution is 5.80. The molecule has 0 aliphatic heterocycles. The van der Waals surface area contributed by atoms with Gasteiger partial charge in [0.05, 0.1) is 0 Å². The van der Waals surface area contributed by atoms with Crippen LogP contribution in [-0.2, 0) is 0 Å². The van der Waals surface area contributed by atoms with E-state index in [0.717, 1.165) is 16.6 Å². The molecule has 0 saturated carbocycles. The van der Waals surface area contributed by atoms with Crippen molar-refractivity contribution >= 4 is 11.0 Å². The van der Waals surface area contributed by atoms with Crippen LogP contribution < -0.4 is 5.63 Å². The van der Waals surface area contributed by atoms with Gasteiger partial charge in [-0.2, -0.15) is 4.98 Å². The van der Waals surface area contributed by atoms with E-state index in [1.165, 1.54) is 0 Å². The lowest BCUT2D eigenvalue weighted by Crippen LogP contribution is -2.02. The van der Waals surface area contributed by atoms with Crippen molar-refractivity contribution in [3.8, 4) is 28.5 Å². The van der Waals surface area contributed by atoms with Crippen LogP contribution in [-0.4, -0.2) is 14.7 Å². The fraction of sp³-hybridized carbons (Fsp3) is 0. The Bertz CT molecular complexity index is 1280. The normalized spacial score (nSPS) is 11.1. The van der Waals surface area contributed by atoms with Crippen LogP contribution in [0.15, 0.2) is 92.9 Å². The van der Waals surface area contributed by atoms with Crippen molar-refractivity contribution in [2.24, 2.45) is 0 Å². The Morgan fingerprint density at radius 1 is 0.889 bits per heavy atom. The van der Waals surface area contributed by atoms with E-state index in [9.17, 15) is 4.79 Å². The van der Waals surface area contributed by atoms with E-state index in [1.54, 1.807) is 12.1 Å². The first-order valence-electron chi connectivity index (χ1n) is 8.39. The van der Waals surface area contributed by atoms with Gasteiger partial charge in [-0.25, -0.2) is 4.79 Å². The van der Waals surface area contributed by atoms with E-state index >= 15 is 0 Å². The molecular weight excluding hydrogens is 342 g/mol. The van der Waals surface area contributed by atoms with Gasteiger partial charge in [-0.05, 0) is 48.5 Å². The minimum Gasteiger partial charge on any atom is -0.422 e. The molecule has 0 fully saturated rings. The Kier molecular flexibility index (Phi) is 3.47. The quantitative estimate of drug-likeness (QED) is 0.451. The maximum atomic E-state index is 12.3. The van der Waals surface area contributed by atoms with E-state index in [4.69, 9.17) is 8.94 Å². The Morgan fingerprint density at radius 2 is 1.67 bits per heavy atom. The molecule has 3 heterocycles. The number of hydrogen-bond acceptors (Lipinski definition) is 5. The monoisotopic (exact) mass is 355 g/mol. The van der Waals surface area contributed by atoms with E-state index < -0.39 is 5.63 Å². The van der Waals surface area contributed by atoms with Crippen molar-refractivity contribution in [1.82, 2.24) is 14.7 Å². The number of fused-ring (bicyclic) bond motifs is 1. The molecule has 5 aromatic rings. The summed E-state index contributed by atoms with van der Waals surface area (Å²) in [5, 5.41) is 4.80. The van der Waals surface area contributed by atoms with Crippen LogP contribution >= 0.6 is 0 Å². The molecule has 6 nitrogen and oxygen atoms in total. The highest BCUT2D eigenvalue weighted by Crippen LogP contribution is 2.23. The summed E-state index contributed by atoms with van der Waals surface area (Å²) in [6.45, 7) is 0. The Labute approximate surface area is 153 Å². The molecule has 0 radical (unpaired) electrons. The fourth-order valence-electron chi connectivity index (χ4n) is 2.95. The molecule has 0 N–H and O–H groups in total. The second-order valence-corrected chi connectivity index (χ2v) is 6.05. The van der Waals surface area contributed by atoms with Gasteiger partial charge in [-0.3, -0.25) is 0 Å². The van der Waals surface area contributed by atoms with Gasteiger partial charge >= 0.3 is 5.63 Å². The number of rotatable bonds is 3. The molecule has 0 aliphatic rings. The van der Waals surface area contributed by atoms with E-state index in [0.29, 0.717) is 11.4 Å². The standard InChI is InChI=1S/C21H13N3O3/c25-21-17(13-15-5-1-2-6-18(15)26-21)20-22-19(23-27-20)14-7-9-16(10-8-14)24-11-3-4-12-24/h1-13H. The van der Waals surface area contributed by atoms with Crippen molar-refractivity contribution in [3.63, 3.8) is 0 Å². The summed E-state index contributed by atoms with van der Waals surface area (Å²) < 4.78 is 12.6. The fourth-order valence-corrected chi connectivity index (χ4v) is 2.95. The predicted molar refractivity (Wildman–Crippen MR) is 101 cm³/mol. The maximum absolute atomic E-state index is 12.3. The Hall–Kier alpha value is -3.93. The highest BCUT2D eigenvalue weighted by Gasteiger charge is 2.16. The molecule has 0 unspecified atom stereocenters. The van der Waals surface area contributed by atoms with Gasteiger partial charge in [-0.15, -0.1) is 0 Å². The molecule has 6 heteroatoms. The lowest BCUT2D eigenvalue weighted by atomic mass is 10.2. The minimum absolute atomic E-state index is 0.138. The third-order valence-corrected chi connectivity index (χ3v) is 4.33. The molecule has 0 spiro atoms. The Balaban J connectivity index is 1.51. The summed E-state index contributed by atoms with van der Waals surface area (Å²) >= 11 is 0. The predicted octanol–water partition coefficient (Wildman–Crippen LogP) is 4.30. The zero-order chi connectivity index (χ0) is 18.2. The summed E-state index contributed by atoms with van der Waals surface area (Å²) in [5.41, 5.74) is 2.09. The molecule has 5 rings (SSSR count). The summed E-state index contributed by atoms with van der Waals surface area (Å²) in [6.07, 6.45) is 3.95. The second-order valence-electron chi connectivity index (χ2n) is 6.05. The van der Waals surface area contributed by atoms with Gasteiger partial charge in [-0.1, -0.05) is 23.4 Å². The Morgan fingerprint density at radius 3 is 2.48 bits per heavy atom. The van der Waals surface area contributed by atoms with E-state index in [-0.39, 0.29) is 11.5 Å². The van der Waals surface area contributed by atoms with Gasteiger partial charge in [0.2, 0.25) is 5.82 Å². The average molecular weight is 355 g/mol. The van der Waals surface area contributed by atoms with Crippen molar-refractivity contribution < 1.29 is 8.94 Å². The molecule has 0 bridgehead atoms. The molecule has 3 aromatic heterocycles. The largest absolute Gasteiger partial charge is 0.422 e. The smallest absolute Gasteiger partial charge is 0.349 e. The molecule has 27 heavy (non-hydrogen) atoms. The topological polar surface area (TPSA) is 74.1 Å². The van der Waals surface area contributed by atoms with Crippen molar-refractivity contribution in [2.75, 3.05) is 0 Å². The van der Waals surface area contributed by atoms with Gasteiger partial charge in [0.1, 0.15) is 11.1 Å². The van der Waals surface area contributed by atoms with Crippen LogP contribution in [0.25, 0.3) is 39.5 Å². The number of aromatic nitrogens is 3. The third-order valence-electron chi connectivity index (χ3n) is 4.33. The molecule has 0 aliphatic carbocycles. The van der Waals surface area contributed by atoms with Crippen LogP contribution in [0.1, 0.15) is 0 Å². The van der Waals surface area contributed by atoms with Crippen LogP contribution in [0.3, 0.4) is 0 Å². The summed E-state index contributed by atoms with van der Waals surface area (Å²) in [6, 6.07) is 20.7. The van der Waals surface area contributed by atoms with Gasteiger partial charge in [0.15, 0.2) is 0 Å². The van der Waals surface area contributed by atoms with Gasteiger partial charge < -0.3 is 13.5 Å². The summed E-state index contributed by atoms with van der Waals surface area (Å²) in [4.78, 5) is 16.6. The van der Waals surface area contributed by atoms with Crippen molar-refractivity contribution in [1.29, 1.82) is 0 Å². The van der Waals surface area contributed by atoms with E-state index in [1.807, 2.05) is 71.6 Å². The molecule has 130 valence electrons. The first kappa shape index (κ1) is 15.3. The summed E-state index contributed by atoms with van der Waals surface area (Å²) in [7, 11) is 0. The number of nitrogens with zero attached hydrogens (tertiary/aromatic N) is 3.